The molecule has 1 aromatic rings. The first-order chi connectivity index (χ1) is 8.09. The molecule has 1 rings (SSSR count). The molecule has 1 unspecified atom stereocenters. The van der Waals surface area contributed by atoms with Gasteiger partial charge in [-0.15, -0.1) is 0 Å². The van der Waals surface area contributed by atoms with Crippen LogP contribution in [-0.2, 0) is 6.54 Å². The SMILES string of the molecule is CC(C)CNCC(C)NCc1ccncc1F. The Morgan fingerprint density at radius 3 is 2.71 bits per heavy atom. The maximum Gasteiger partial charge on any atom is 0.145 e. The van der Waals surface area contributed by atoms with Crippen molar-refractivity contribution < 1.29 is 4.39 Å². The number of pyridine rings is 1. The molecule has 4 heteroatoms. The molecule has 0 spiro atoms. The fraction of sp³-hybridized carbons (Fsp3) is 0.615. The monoisotopic (exact) mass is 239 g/mol. The van der Waals surface area contributed by atoms with Gasteiger partial charge in [-0.3, -0.25) is 4.98 Å². The Bertz CT molecular complexity index is 328. The summed E-state index contributed by atoms with van der Waals surface area (Å²) in [6, 6.07) is 2.03. The van der Waals surface area contributed by atoms with Crippen LogP contribution in [-0.4, -0.2) is 24.1 Å². The lowest BCUT2D eigenvalue weighted by molar-refractivity contribution is 0.466. The maximum absolute atomic E-state index is 13.3. The summed E-state index contributed by atoms with van der Waals surface area (Å²) in [5.74, 6) is 0.405. The summed E-state index contributed by atoms with van der Waals surface area (Å²) in [5.41, 5.74) is 0.663. The molecule has 0 aromatic carbocycles. The molecule has 0 radical (unpaired) electrons. The maximum atomic E-state index is 13.3. The number of halogens is 1. The summed E-state index contributed by atoms with van der Waals surface area (Å²) in [6.45, 7) is 8.89. The number of aromatic nitrogens is 1. The van der Waals surface area contributed by atoms with Crippen molar-refractivity contribution in [3.63, 3.8) is 0 Å². The molecule has 1 atom stereocenters. The number of hydrogen-bond donors (Lipinski definition) is 2. The zero-order valence-electron chi connectivity index (χ0n) is 10.8. The summed E-state index contributed by atoms with van der Waals surface area (Å²) >= 11 is 0. The van der Waals surface area contributed by atoms with Gasteiger partial charge in [0.15, 0.2) is 0 Å². The van der Waals surface area contributed by atoms with E-state index >= 15 is 0 Å². The highest BCUT2D eigenvalue weighted by Gasteiger charge is 2.04. The van der Waals surface area contributed by atoms with E-state index in [0.717, 1.165) is 13.1 Å². The molecule has 0 aliphatic carbocycles. The molecule has 0 saturated carbocycles. The van der Waals surface area contributed by atoms with Gasteiger partial charge in [-0.1, -0.05) is 13.8 Å². The van der Waals surface area contributed by atoms with Gasteiger partial charge in [0.05, 0.1) is 6.20 Å². The van der Waals surface area contributed by atoms with E-state index in [0.29, 0.717) is 24.1 Å². The van der Waals surface area contributed by atoms with E-state index in [4.69, 9.17) is 0 Å². The van der Waals surface area contributed by atoms with Gasteiger partial charge in [0.2, 0.25) is 0 Å². The Labute approximate surface area is 103 Å². The molecule has 2 N–H and O–H groups in total. The molecular formula is C13H22FN3. The Hall–Kier alpha value is -1.00. The van der Waals surface area contributed by atoms with Crippen LogP contribution >= 0.6 is 0 Å². The highest BCUT2D eigenvalue weighted by Crippen LogP contribution is 2.03. The van der Waals surface area contributed by atoms with Gasteiger partial charge in [0.1, 0.15) is 5.82 Å². The summed E-state index contributed by atoms with van der Waals surface area (Å²) in [7, 11) is 0. The third kappa shape index (κ3) is 5.75. The normalized spacial score (nSPS) is 13.0. The van der Waals surface area contributed by atoms with Gasteiger partial charge in [-0.05, 0) is 25.5 Å². The van der Waals surface area contributed by atoms with E-state index in [-0.39, 0.29) is 5.82 Å². The first-order valence-corrected chi connectivity index (χ1v) is 6.12. The minimum absolute atomic E-state index is 0.248. The third-order valence-electron chi connectivity index (χ3n) is 2.50. The summed E-state index contributed by atoms with van der Waals surface area (Å²) in [6.07, 6.45) is 2.86. The lowest BCUT2D eigenvalue weighted by Crippen LogP contribution is -2.37. The molecule has 0 amide bonds. The Morgan fingerprint density at radius 1 is 1.29 bits per heavy atom. The first kappa shape index (κ1) is 14.1. The van der Waals surface area contributed by atoms with Gasteiger partial charge in [0.25, 0.3) is 0 Å². The van der Waals surface area contributed by atoms with Crippen molar-refractivity contribution in [1.82, 2.24) is 15.6 Å². The fourth-order valence-electron chi connectivity index (χ4n) is 1.49. The van der Waals surface area contributed by atoms with Gasteiger partial charge in [0, 0.05) is 30.9 Å². The first-order valence-electron chi connectivity index (χ1n) is 6.12. The van der Waals surface area contributed by atoms with Crippen molar-refractivity contribution in [2.24, 2.45) is 5.92 Å². The fourth-order valence-corrected chi connectivity index (χ4v) is 1.49. The number of nitrogens with zero attached hydrogens (tertiary/aromatic N) is 1. The highest BCUT2D eigenvalue weighted by atomic mass is 19.1. The van der Waals surface area contributed by atoms with Gasteiger partial charge >= 0.3 is 0 Å². The molecule has 0 aliphatic rings. The van der Waals surface area contributed by atoms with E-state index in [1.165, 1.54) is 6.20 Å². The smallest absolute Gasteiger partial charge is 0.145 e. The quantitative estimate of drug-likeness (QED) is 0.763. The third-order valence-corrected chi connectivity index (χ3v) is 2.50. The van der Waals surface area contributed by atoms with Crippen LogP contribution in [0.15, 0.2) is 18.5 Å². The average molecular weight is 239 g/mol. The van der Waals surface area contributed by atoms with Crippen LogP contribution in [0.25, 0.3) is 0 Å². The largest absolute Gasteiger partial charge is 0.315 e. The predicted octanol–water partition coefficient (Wildman–Crippen LogP) is 1.94. The van der Waals surface area contributed by atoms with E-state index in [2.05, 4.69) is 36.4 Å². The second kappa shape index (κ2) is 7.35. The molecule has 0 fully saturated rings. The van der Waals surface area contributed by atoms with Crippen molar-refractivity contribution in [3.8, 4) is 0 Å². The van der Waals surface area contributed by atoms with Gasteiger partial charge < -0.3 is 10.6 Å². The predicted molar refractivity (Wildman–Crippen MR) is 68.2 cm³/mol. The van der Waals surface area contributed by atoms with Crippen molar-refractivity contribution in [2.45, 2.75) is 33.4 Å². The molecular weight excluding hydrogens is 217 g/mol. The van der Waals surface area contributed by atoms with Crippen molar-refractivity contribution in [1.29, 1.82) is 0 Å². The Balaban J connectivity index is 2.24. The molecule has 17 heavy (non-hydrogen) atoms. The van der Waals surface area contributed by atoms with Crippen LogP contribution < -0.4 is 10.6 Å². The molecule has 0 saturated heterocycles. The van der Waals surface area contributed by atoms with Gasteiger partial charge in [-0.25, -0.2) is 4.39 Å². The van der Waals surface area contributed by atoms with Crippen LogP contribution in [0.1, 0.15) is 26.3 Å². The average Bonchev–Trinajstić information content (AvgIpc) is 2.27. The van der Waals surface area contributed by atoms with Crippen molar-refractivity contribution in [2.75, 3.05) is 13.1 Å². The molecule has 3 nitrogen and oxygen atoms in total. The van der Waals surface area contributed by atoms with Crippen LogP contribution in [0.2, 0.25) is 0 Å². The van der Waals surface area contributed by atoms with Crippen LogP contribution in [0, 0.1) is 11.7 Å². The van der Waals surface area contributed by atoms with Crippen molar-refractivity contribution in [3.05, 3.63) is 29.8 Å². The van der Waals surface area contributed by atoms with Crippen molar-refractivity contribution >= 4 is 0 Å². The van der Waals surface area contributed by atoms with Crippen LogP contribution in [0.5, 0.6) is 0 Å². The van der Waals surface area contributed by atoms with E-state index < -0.39 is 0 Å². The highest BCUT2D eigenvalue weighted by molar-refractivity contribution is 5.12. The summed E-state index contributed by atoms with van der Waals surface area (Å²) in [4.78, 5) is 3.73. The van der Waals surface area contributed by atoms with Crippen LogP contribution in [0.3, 0.4) is 0 Å². The Morgan fingerprint density at radius 2 is 2.06 bits per heavy atom. The van der Waals surface area contributed by atoms with Gasteiger partial charge in [-0.2, -0.15) is 0 Å². The minimum Gasteiger partial charge on any atom is -0.315 e. The number of nitrogens with one attached hydrogen (secondary N) is 2. The van der Waals surface area contributed by atoms with Crippen LogP contribution in [0.4, 0.5) is 4.39 Å². The standard InChI is InChI=1S/C13H22FN3/c1-10(2)6-16-7-11(3)17-8-12-4-5-15-9-13(12)14/h4-5,9-11,16-17H,6-8H2,1-3H3. The lowest BCUT2D eigenvalue weighted by atomic mass is 10.2. The molecule has 96 valence electrons. The zero-order chi connectivity index (χ0) is 12.7. The summed E-state index contributed by atoms with van der Waals surface area (Å²) in [5, 5.41) is 6.65. The lowest BCUT2D eigenvalue weighted by Gasteiger charge is -2.15. The number of rotatable bonds is 7. The second-order valence-corrected chi connectivity index (χ2v) is 4.80. The van der Waals surface area contributed by atoms with E-state index in [9.17, 15) is 4.39 Å². The zero-order valence-corrected chi connectivity index (χ0v) is 10.8. The molecule has 1 aromatic heterocycles. The Kier molecular flexibility index (Phi) is 6.08. The molecule has 0 bridgehead atoms. The second-order valence-electron chi connectivity index (χ2n) is 4.80. The van der Waals surface area contributed by atoms with E-state index in [1.807, 2.05) is 0 Å². The molecule has 1 heterocycles. The topological polar surface area (TPSA) is 37.0 Å². The number of hydrogen-bond acceptors (Lipinski definition) is 3. The minimum atomic E-state index is -0.248. The van der Waals surface area contributed by atoms with E-state index in [1.54, 1.807) is 12.3 Å². The summed E-state index contributed by atoms with van der Waals surface area (Å²) < 4.78 is 13.3. The molecule has 0 aliphatic heterocycles.